The third-order valence-electron chi connectivity index (χ3n) is 3.35. The van der Waals surface area contributed by atoms with E-state index in [9.17, 15) is 13.2 Å². The van der Waals surface area contributed by atoms with Gasteiger partial charge in [-0.25, -0.2) is 13.2 Å². The minimum absolute atomic E-state index is 0.207. The van der Waals surface area contributed by atoms with Crippen LogP contribution in [0.15, 0.2) is 29.2 Å². The highest BCUT2D eigenvalue weighted by molar-refractivity contribution is 7.89. The van der Waals surface area contributed by atoms with Gasteiger partial charge in [0.25, 0.3) is 0 Å². The van der Waals surface area contributed by atoms with Crippen LogP contribution in [0.25, 0.3) is 0 Å². The molecule has 1 aromatic rings. The second-order valence-corrected chi connectivity index (χ2v) is 6.90. The van der Waals surface area contributed by atoms with Crippen molar-refractivity contribution < 1.29 is 13.2 Å². The normalized spacial score (nSPS) is 11.5. The van der Waals surface area contributed by atoms with Crippen LogP contribution >= 0.6 is 0 Å². The Morgan fingerprint density at radius 1 is 1.09 bits per heavy atom. The summed E-state index contributed by atoms with van der Waals surface area (Å²) in [5.74, 6) is 0. The Morgan fingerprint density at radius 2 is 1.64 bits per heavy atom. The highest BCUT2D eigenvalue weighted by Gasteiger charge is 2.21. The summed E-state index contributed by atoms with van der Waals surface area (Å²) in [6.07, 6.45) is 0.880. The topological polar surface area (TPSA) is 69.7 Å². The Labute approximate surface area is 133 Å². The monoisotopic (exact) mass is 327 g/mol. The summed E-state index contributed by atoms with van der Waals surface area (Å²) in [5.41, 5.74) is 0.575. The van der Waals surface area contributed by atoms with Crippen LogP contribution in [0.3, 0.4) is 0 Å². The van der Waals surface area contributed by atoms with Crippen molar-refractivity contribution in [2.24, 2.45) is 0 Å². The molecule has 1 N–H and O–H groups in total. The van der Waals surface area contributed by atoms with Crippen LogP contribution in [-0.2, 0) is 10.0 Å². The van der Waals surface area contributed by atoms with Gasteiger partial charge in [-0.2, -0.15) is 4.31 Å². The highest BCUT2D eigenvalue weighted by Crippen LogP contribution is 2.18. The zero-order chi connectivity index (χ0) is 16.8. The lowest BCUT2D eigenvalue weighted by Gasteiger charge is -2.19. The first-order valence-electron chi connectivity index (χ1n) is 7.49. The number of hydrogen-bond donors (Lipinski definition) is 1. The molecule has 0 bridgehead atoms. The smallest absolute Gasteiger partial charge is 0.321 e. The van der Waals surface area contributed by atoms with Crippen LogP contribution in [0.2, 0.25) is 0 Å². The molecule has 0 fully saturated rings. The van der Waals surface area contributed by atoms with Gasteiger partial charge in [-0.15, -0.1) is 0 Å². The van der Waals surface area contributed by atoms with E-state index in [1.807, 2.05) is 6.92 Å². The predicted molar refractivity (Wildman–Crippen MR) is 88.5 cm³/mol. The summed E-state index contributed by atoms with van der Waals surface area (Å²) in [5, 5.41) is 2.74. The van der Waals surface area contributed by atoms with Gasteiger partial charge in [0, 0.05) is 32.4 Å². The first kappa shape index (κ1) is 18.4. The van der Waals surface area contributed by atoms with E-state index in [-0.39, 0.29) is 10.9 Å². The maximum atomic E-state index is 12.4. The molecule has 0 radical (unpaired) electrons. The number of urea groups is 1. The minimum atomic E-state index is -3.46. The van der Waals surface area contributed by atoms with Crippen LogP contribution in [-0.4, -0.2) is 50.3 Å². The van der Waals surface area contributed by atoms with Gasteiger partial charge in [0.05, 0.1) is 4.90 Å². The highest BCUT2D eigenvalue weighted by atomic mass is 32.2. The zero-order valence-electron chi connectivity index (χ0n) is 13.7. The van der Waals surface area contributed by atoms with Crippen LogP contribution < -0.4 is 5.32 Å². The molecule has 0 heterocycles. The lowest BCUT2D eigenvalue weighted by atomic mass is 10.3. The van der Waals surface area contributed by atoms with Gasteiger partial charge in [-0.05, 0) is 30.7 Å². The number of carbonyl (C=O) groups excluding carboxylic acids is 1. The SMILES string of the molecule is CCCN(C)C(=O)Nc1ccc(S(=O)(=O)N(CC)CC)cc1. The lowest BCUT2D eigenvalue weighted by molar-refractivity contribution is 0.222. The molecule has 22 heavy (non-hydrogen) atoms. The van der Waals surface area contributed by atoms with Gasteiger partial charge in [-0.3, -0.25) is 0 Å². The van der Waals surface area contributed by atoms with Crippen LogP contribution in [0.4, 0.5) is 10.5 Å². The van der Waals surface area contributed by atoms with E-state index in [1.165, 1.54) is 16.4 Å². The van der Waals surface area contributed by atoms with Crippen molar-refractivity contribution in [3.63, 3.8) is 0 Å². The largest absolute Gasteiger partial charge is 0.328 e. The van der Waals surface area contributed by atoms with Gasteiger partial charge < -0.3 is 10.2 Å². The number of hydrogen-bond acceptors (Lipinski definition) is 3. The molecule has 1 rings (SSSR count). The zero-order valence-corrected chi connectivity index (χ0v) is 14.5. The number of benzene rings is 1. The molecule has 124 valence electrons. The molecule has 0 aliphatic rings. The molecular weight excluding hydrogens is 302 g/mol. The van der Waals surface area contributed by atoms with E-state index in [4.69, 9.17) is 0 Å². The fourth-order valence-electron chi connectivity index (χ4n) is 2.08. The number of nitrogens with zero attached hydrogens (tertiary/aromatic N) is 2. The summed E-state index contributed by atoms with van der Waals surface area (Å²) in [6, 6.07) is 6.04. The second-order valence-electron chi connectivity index (χ2n) is 4.97. The van der Waals surface area contributed by atoms with Gasteiger partial charge in [0.15, 0.2) is 0 Å². The van der Waals surface area contributed by atoms with Crippen LogP contribution in [0.1, 0.15) is 27.2 Å². The van der Waals surface area contributed by atoms with E-state index < -0.39 is 10.0 Å². The first-order chi connectivity index (χ1) is 10.4. The van der Waals surface area contributed by atoms with Crippen molar-refractivity contribution in [2.75, 3.05) is 32.0 Å². The van der Waals surface area contributed by atoms with Crippen molar-refractivity contribution in [3.05, 3.63) is 24.3 Å². The van der Waals surface area contributed by atoms with Crippen LogP contribution in [0.5, 0.6) is 0 Å². The van der Waals surface area contributed by atoms with Gasteiger partial charge in [0.1, 0.15) is 0 Å². The number of amides is 2. The molecule has 0 saturated heterocycles. The fraction of sp³-hybridized carbons (Fsp3) is 0.533. The van der Waals surface area contributed by atoms with Crippen molar-refractivity contribution in [3.8, 4) is 0 Å². The van der Waals surface area contributed by atoms with Crippen LogP contribution in [0, 0.1) is 0 Å². The minimum Gasteiger partial charge on any atom is -0.328 e. The van der Waals surface area contributed by atoms with E-state index in [0.29, 0.717) is 25.3 Å². The first-order valence-corrected chi connectivity index (χ1v) is 8.93. The molecular formula is C15H25N3O3S. The van der Waals surface area contributed by atoms with E-state index in [0.717, 1.165) is 6.42 Å². The third-order valence-corrected chi connectivity index (χ3v) is 5.42. The number of rotatable bonds is 7. The molecule has 0 aliphatic carbocycles. The molecule has 0 unspecified atom stereocenters. The van der Waals surface area contributed by atoms with E-state index in [1.54, 1.807) is 37.9 Å². The summed E-state index contributed by atoms with van der Waals surface area (Å²) in [4.78, 5) is 13.7. The maximum absolute atomic E-state index is 12.4. The van der Waals surface area contributed by atoms with E-state index >= 15 is 0 Å². The van der Waals surface area contributed by atoms with Crippen molar-refractivity contribution >= 4 is 21.7 Å². The Kier molecular flexibility index (Phi) is 6.83. The molecule has 2 amide bonds. The summed E-state index contributed by atoms with van der Waals surface area (Å²) < 4.78 is 26.1. The molecule has 0 aliphatic heterocycles. The molecule has 1 aromatic carbocycles. The molecule has 7 heteroatoms. The molecule has 0 atom stereocenters. The Balaban J connectivity index is 2.85. The molecule has 0 saturated carbocycles. The average molecular weight is 327 g/mol. The van der Waals surface area contributed by atoms with Gasteiger partial charge >= 0.3 is 6.03 Å². The fourth-order valence-corrected chi connectivity index (χ4v) is 3.54. The average Bonchev–Trinajstić information content (AvgIpc) is 2.49. The quantitative estimate of drug-likeness (QED) is 0.837. The van der Waals surface area contributed by atoms with Gasteiger partial charge in [-0.1, -0.05) is 20.8 Å². The Bertz CT molecular complexity index is 581. The summed E-state index contributed by atoms with van der Waals surface area (Å²) >= 11 is 0. The standard InChI is InChI=1S/C15H25N3O3S/c1-5-12-17(4)15(19)16-13-8-10-14(11-9-13)22(20,21)18(6-2)7-3/h8-11H,5-7,12H2,1-4H3,(H,16,19). The Hall–Kier alpha value is -1.60. The van der Waals surface area contributed by atoms with Crippen molar-refractivity contribution in [1.82, 2.24) is 9.21 Å². The lowest BCUT2D eigenvalue weighted by Crippen LogP contribution is -2.32. The molecule has 0 aromatic heterocycles. The number of nitrogens with one attached hydrogen (secondary N) is 1. The predicted octanol–water partition coefficient (Wildman–Crippen LogP) is 2.59. The Morgan fingerprint density at radius 3 is 2.09 bits per heavy atom. The molecule has 0 spiro atoms. The number of anilines is 1. The third kappa shape index (κ3) is 4.45. The maximum Gasteiger partial charge on any atom is 0.321 e. The second kappa shape index (κ2) is 8.14. The molecule has 6 nitrogen and oxygen atoms in total. The van der Waals surface area contributed by atoms with Gasteiger partial charge in [0.2, 0.25) is 10.0 Å². The van der Waals surface area contributed by atoms with Crippen molar-refractivity contribution in [2.45, 2.75) is 32.1 Å². The van der Waals surface area contributed by atoms with Crippen molar-refractivity contribution in [1.29, 1.82) is 0 Å². The summed E-state index contributed by atoms with van der Waals surface area (Å²) in [7, 11) is -1.74. The number of carbonyl (C=O) groups is 1. The van der Waals surface area contributed by atoms with E-state index in [2.05, 4.69) is 5.32 Å². The number of sulfonamides is 1. The summed E-state index contributed by atoms with van der Waals surface area (Å²) in [6.45, 7) is 7.13.